The number of rotatable bonds is 5. The standard InChI is InChI=1S/C52H32N4/c1-3-9-33(10-4-1)39-19-15-35-21-27-46(53-49(35)31-39)40-20-16-36-22-29-47(54-50(36)32-40)43-25-26-44(42-14-8-7-13-41(42)43)48-30-24-38-18-17-37-23-28-45(34-11-5-2-6-12-34)55-51(37)52(38)56-48/h1-32H. The monoisotopic (exact) mass is 712 g/mol. The zero-order valence-corrected chi connectivity index (χ0v) is 30.3. The lowest BCUT2D eigenvalue weighted by atomic mass is 9.95. The highest BCUT2D eigenvalue weighted by atomic mass is 14.8. The number of hydrogen-bond acceptors (Lipinski definition) is 4. The predicted molar refractivity (Wildman–Crippen MR) is 232 cm³/mol. The van der Waals surface area contributed by atoms with Crippen LogP contribution in [0, 0.1) is 0 Å². The van der Waals surface area contributed by atoms with Gasteiger partial charge in [0.25, 0.3) is 0 Å². The van der Waals surface area contributed by atoms with Crippen molar-refractivity contribution in [1.29, 1.82) is 0 Å². The molecule has 4 heterocycles. The third-order valence-corrected chi connectivity index (χ3v) is 10.9. The van der Waals surface area contributed by atoms with E-state index < -0.39 is 0 Å². The molecule has 0 aliphatic rings. The SMILES string of the molecule is c1ccc(-c2ccc3ccc(-c4ccc5ccc(-c6ccc(-c7ccc8ccc9ccc(-c%10ccccc%10)nc9c8n7)c7ccccc67)nc5c4)nc3c2)cc1. The van der Waals surface area contributed by atoms with Gasteiger partial charge in [0, 0.05) is 43.8 Å². The van der Waals surface area contributed by atoms with Gasteiger partial charge in [0.05, 0.1) is 44.8 Å². The fourth-order valence-corrected chi connectivity index (χ4v) is 7.95. The van der Waals surface area contributed by atoms with Crippen LogP contribution >= 0.6 is 0 Å². The van der Waals surface area contributed by atoms with Crippen molar-refractivity contribution in [2.24, 2.45) is 0 Å². The van der Waals surface area contributed by atoms with E-state index in [0.29, 0.717) is 0 Å². The largest absolute Gasteiger partial charge is 0.248 e. The Labute approximate surface area is 323 Å². The first-order chi connectivity index (χ1) is 27.7. The summed E-state index contributed by atoms with van der Waals surface area (Å²) in [6, 6.07) is 67.9. The average molecular weight is 713 g/mol. The van der Waals surface area contributed by atoms with Gasteiger partial charge in [0.1, 0.15) is 0 Å². The Balaban J connectivity index is 0.985. The Morgan fingerprint density at radius 1 is 0.250 bits per heavy atom. The van der Waals surface area contributed by atoms with E-state index in [-0.39, 0.29) is 0 Å². The van der Waals surface area contributed by atoms with Gasteiger partial charge in [0.15, 0.2) is 0 Å². The molecule has 7 aromatic carbocycles. The number of aromatic nitrogens is 4. The summed E-state index contributed by atoms with van der Waals surface area (Å²) in [5.41, 5.74) is 14.0. The summed E-state index contributed by atoms with van der Waals surface area (Å²) in [5, 5.41) is 6.59. The van der Waals surface area contributed by atoms with Crippen LogP contribution in [-0.2, 0) is 0 Å². The van der Waals surface area contributed by atoms with Crippen molar-refractivity contribution >= 4 is 54.4 Å². The van der Waals surface area contributed by atoms with Gasteiger partial charge in [0.2, 0.25) is 0 Å². The highest BCUT2D eigenvalue weighted by Gasteiger charge is 2.15. The van der Waals surface area contributed by atoms with E-state index in [9.17, 15) is 0 Å². The molecule has 0 radical (unpaired) electrons. The lowest BCUT2D eigenvalue weighted by Gasteiger charge is -2.13. The van der Waals surface area contributed by atoms with Crippen molar-refractivity contribution in [3.63, 3.8) is 0 Å². The molecule has 4 heteroatoms. The van der Waals surface area contributed by atoms with Crippen LogP contribution in [0.2, 0.25) is 0 Å². The van der Waals surface area contributed by atoms with Crippen LogP contribution in [0.5, 0.6) is 0 Å². The summed E-state index contributed by atoms with van der Waals surface area (Å²) >= 11 is 0. The van der Waals surface area contributed by atoms with Gasteiger partial charge in [-0.3, -0.25) is 0 Å². The summed E-state index contributed by atoms with van der Waals surface area (Å²) in [6.07, 6.45) is 0. The molecule has 0 fully saturated rings. The summed E-state index contributed by atoms with van der Waals surface area (Å²) in [5.74, 6) is 0. The molecule has 0 unspecified atom stereocenters. The maximum Gasteiger partial charge on any atom is 0.0972 e. The Morgan fingerprint density at radius 2 is 0.661 bits per heavy atom. The fraction of sp³-hybridized carbons (Fsp3) is 0. The number of fused-ring (bicyclic) bond motifs is 6. The summed E-state index contributed by atoms with van der Waals surface area (Å²) in [4.78, 5) is 20.8. The molecular formula is C52H32N4. The highest BCUT2D eigenvalue weighted by Crippen LogP contribution is 2.37. The molecule has 260 valence electrons. The Hall–Kier alpha value is -7.56. The number of pyridine rings is 4. The topological polar surface area (TPSA) is 51.6 Å². The minimum absolute atomic E-state index is 0.899. The third-order valence-electron chi connectivity index (χ3n) is 10.9. The molecular weight excluding hydrogens is 681 g/mol. The van der Waals surface area contributed by atoms with Crippen LogP contribution in [0.4, 0.5) is 0 Å². The van der Waals surface area contributed by atoms with Crippen molar-refractivity contribution in [2.45, 2.75) is 0 Å². The van der Waals surface area contributed by atoms with Crippen LogP contribution in [0.3, 0.4) is 0 Å². The minimum Gasteiger partial charge on any atom is -0.248 e. The molecule has 0 amide bonds. The van der Waals surface area contributed by atoms with Gasteiger partial charge in [-0.2, -0.15) is 0 Å². The molecule has 0 atom stereocenters. The predicted octanol–water partition coefficient (Wildman–Crippen LogP) is 13.4. The van der Waals surface area contributed by atoms with E-state index in [0.717, 1.165) is 105 Å². The lowest BCUT2D eigenvalue weighted by Crippen LogP contribution is -1.93. The van der Waals surface area contributed by atoms with E-state index in [1.54, 1.807) is 0 Å². The first kappa shape index (κ1) is 31.9. The van der Waals surface area contributed by atoms with Crippen molar-refractivity contribution in [3.8, 4) is 56.2 Å². The number of nitrogens with zero attached hydrogens (tertiary/aromatic N) is 4. The second-order valence-electron chi connectivity index (χ2n) is 14.2. The second kappa shape index (κ2) is 13.1. The molecule has 0 bridgehead atoms. The van der Waals surface area contributed by atoms with Crippen molar-refractivity contribution in [2.75, 3.05) is 0 Å². The quantitative estimate of drug-likeness (QED) is 0.167. The molecule has 0 aliphatic heterocycles. The Kier molecular flexibility index (Phi) is 7.46. The van der Waals surface area contributed by atoms with Gasteiger partial charge in [-0.05, 0) is 58.3 Å². The van der Waals surface area contributed by atoms with Crippen LogP contribution in [0.15, 0.2) is 194 Å². The minimum atomic E-state index is 0.899. The van der Waals surface area contributed by atoms with E-state index in [4.69, 9.17) is 19.9 Å². The maximum absolute atomic E-state index is 5.30. The average Bonchev–Trinajstić information content (AvgIpc) is 3.28. The lowest BCUT2D eigenvalue weighted by molar-refractivity contribution is 1.37. The maximum atomic E-state index is 5.30. The summed E-state index contributed by atoms with van der Waals surface area (Å²) < 4.78 is 0. The molecule has 56 heavy (non-hydrogen) atoms. The van der Waals surface area contributed by atoms with Gasteiger partial charge in [-0.25, -0.2) is 19.9 Å². The molecule has 4 nitrogen and oxygen atoms in total. The second-order valence-corrected chi connectivity index (χ2v) is 14.2. The van der Waals surface area contributed by atoms with Gasteiger partial charge in [-0.1, -0.05) is 158 Å². The summed E-state index contributed by atoms with van der Waals surface area (Å²) in [7, 11) is 0. The Bertz CT molecular complexity index is 3300. The zero-order valence-electron chi connectivity index (χ0n) is 30.3. The van der Waals surface area contributed by atoms with Crippen LogP contribution in [0.1, 0.15) is 0 Å². The first-order valence-electron chi connectivity index (χ1n) is 18.9. The van der Waals surface area contributed by atoms with Gasteiger partial charge in [-0.15, -0.1) is 0 Å². The number of hydrogen-bond donors (Lipinski definition) is 0. The molecule has 0 saturated carbocycles. The normalized spacial score (nSPS) is 11.6. The van der Waals surface area contributed by atoms with E-state index in [1.807, 2.05) is 24.3 Å². The molecule has 4 aromatic heterocycles. The van der Waals surface area contributed by atoms with E-state index in [2.05, 4.69) is 170 Å². The van der Waals surface area contributed by atoms with Crippen molar-refractivity contribution in [1.82, 2.24) is 19.9 Å². The molecule has 11 rings (SSSR count). The van der Waals surface area contributed by atoms with Crippen molar-refractivity contribution < 1.29 is 0 Å². The third kappa shape index (κ3) is 5.55. The van der Waals surface area contributed by atoms with Crippen LogP contribution < -0.4 is 0 Å². The van der Waals surface area contributed by atoms with Crippen LogP contribution in [0.25, 0.3) is 111 Å². The van der Waals surface area contributed by atoms with E-state index in [1.165, 1.54) is 5.56 Å². The summed E-state index contributed by atoms with van der Waals surface area (Å²) in [6.45, 7) is 0. The molecule has 0 saturated heterocycles. The van der Waals surface area contributed by atoms with Gasteiger partial charge >= 0.3 is 0 Å². The van der Waals surface area contributed by atoms with Gasteiger partial charge < -0.3 is 0 Å². The smallest absolute Gasteiger partial charge is 0.0972 e. The van der Waals surface area contributed by atoms with Crippen molar-refractivity contribution in [3.05, 3.63) is 194 Å². The zero-order chi connectivity index (χ0) is 37.0. The number of benzene rings is 7. The highest BCUT2D eigenvalue weighted by molar-refractivity contribution is 6.07. The first-order valence-corrected chi connectivity index (χ1v) is 18.9. The fourth-order valence-electron chi connectivity index (χ4n) is 7.95. The molecule has 0 N–H and O–H groups in total. The Morgan fingerprint density at radius 3 is 1.29 bits per heavy atom. The molecule has 11 aromatic rings. The molecule has 0 aliphatic carbocycles. The van der Waals surface area contributed by atoms with Crippen LogP contribution in [-0.4, -0.2) is 19.9 Å². The molecule has 0 spiro atoms. The van der Waals surface area contributed by atoms with E-state index >= 15 is 0 Å².